The third-order valence-electron chi connectivity index (χ3n) is 5.91. The Kier molecular flexibility index (Phi) is 7.51. The van der Waals surface area contributed by atoms with E-state index in [4.69, 9.17) is 18.9 Å². The zero-order valence-corrected chi connectivity index (χ0v) is 19.7. The van der Waals surface area contributed by atoms with Crippen molar-refractivity contribution in [2.75, 3.05) is 13.2 Å². The van der Waals surface area contributed by atoms with Gasteiger partial charge in [0.2, 0.25) is 0 Å². The second-order valence-corrected chi connectivity index (χ2v) is 10.4. The minimum atomic E-state index is -0.218. The van der Waals surface area contributed by atoms with Gasteiger partial charge in [0.1, 0.15) is 11.5 Å². The van der Waals surface area contributed by atoms with Gasteiger partial charge in [0.15, 0.2) is 27.3 Å². The fraction of sp³-hybridized carbons (Fsp3) is 0.357. The summed E-state index contributed by atoms with van der Waals surface area (Å²) < 4.78 is 23.5. The number of ether oxygens (including phenoxy) is 4. The molecule has 0 N–H and O–H groups in total. The highest BCUT2D eigenvalue weighted by Gasteiger charge is 2.29. The summed E-state index contributed by atoms with van der Waals surface area (Å²) >= 11 is 0. The van der Waals surface area contributed by atoms with E-state index in [2.05, 4.69) is 78.9 Å². The molecule has 172 valence electrons. The summed E-state index contributed by atoms with van der Waals surface area (Å²) in [7, 11) is -0.218. The normalized spacial score (nSPS) is 21.8. The molecule has 5 heteroatoms. The largest absolute Gasteiger partial charge is 0.465 e. The lowest BCUT2D eigenvalue weighted by Crippen LogP contribution is -2.25. The van der Waals surface area contributed by atoms with Gasteiger partial charge in [-0.1, -0.05) is 18.2 Å². The van der Waals surface area contributed by atoms with Crippen LogP contribution in [0.25, 0.3) is 0 Å². The smallest absolute Gasteiger partial charge is 0.199 e. The minimum absolute atomic E-state index is 0.127. The van der Waals surface area contributed by atoms with Crippen molar-refractivity contribution in [3.8, 4) is 11.5 Å². The summed E-state index contributed by atoms with van der Waals surface area (Å²) in [5, 5.41) is 0. The molecule has 0 bridgehead atoms. The molecular weight excluding hydrogens is 432 g/mol. The van der Waals surface area contributed by atoms with Gasteiger partial charge in [0, 0.05) is 12.8 Å². The third-order valence-corrected chi connectivity index (χ3v) is 8.14. The predicted octanol–water partition coefficient (Wildman–Crippen LogP) is 6.59. The summed E-state index contributed by atoms with van der Waals surface area (Å²) in [6.45, 7) is 1.57. The molecule has 0 aromatic heterocycles. The van der Waals surface area contributed by atoms with E-state index in [0.717, 1.165) is 63.2 Å². The topological polar surface area (TPSA) is 36.9 Å². The molecule has 2 aliphatic rings. The monoisotopic (exact) mass is 463 g/mol. The molecule has 2 aliphatic heterocycles. The quantitative estimate of drug-likeness (QED) is 0.370. The fourth-order valence-corrected chi connectivity index (χ4v) is 6.25. The highest BCUT2D eigenvalue weighted by Crippen LogP contribution is 2.33. The zero-order chi connectivity index (χ0) is 22.3. The van der Waals surface area contributed by atoms with Crippen LogP contribution < -0.4 is 9.47 Å². The van der Waals surface area contributed by atoms with Crippen LogP contribution in [0.4, 0.5) is 0 Å². The zero-order valence-electron chi connectivity index (χ0n) is 18.9. The highest BCUT2D eigenvalue weighted by atomic mass is 32.2. The van der Waals surface area contributed by atoms with Gasteiger partial charge in [-0.3, -0.25) is 0 Å². The molecule has 0 spiro atoms. The van der Waals surface area contributed by atoms with Crippen molar-refractivity contribution in [2.24, 2.45) is 0 Å². The van der Waals surface area contributed by atoms with E-state index < -0.39 is 0 Å². The van der Waals surface area contributed by atoms with Gasteiger partial charge in [-0.25, -0.2) is 0 Å². The second kappa shape index (κ2) is 11.1. The molecule has 2 saturated heterocycles. The molecule has 2 fully saturated rings. The van der Waals surface area contributed by atoms with Crippen LogP contribution in [0.15, 0.2) is 93.5 Å². The average Bonchev–Trinajstić information content (AvgIpc) is 2.88. The summed E-state index contributed by atoms with van der Waals surface area (Å²) in [4.78, 5) is 3.79. The molecule has 2 atom stereocenters. The Morgan fingerprint density at radius 3 is 1.42 bits per heavy atom. The molecule has 2 heterocycles. The molecule has 3 aromatic rings. The number of benzene rings is 3. The SMILES string of the molecule is c1ccc([S+](c2ccc(OC3CCCCO3)cc2)c2ccc(OC3CCCCO3)cc2)cc1. The molecule has 5 rings (SSSR count). The van der Waals surface area contributed by atoms with Crippen LogP contribution in [0, 0.1) is 0 Å². The van der Waals surface area contributed by atoms with Gasteiger partial charge in [0.05, 0.1) is 24.1 Å². The van der Waals surface area contributed by atoms with Crippen molar-refractivity contribution >= 4 is 10.9 Å². The molecule has 4 nitrogen and oxygen atoms in total. The minimum Gasteiger partial charge on any atom is -0.465 e. The summed E-state index contributed by atoms with van der Waals surface area (Å²) in [5.41, 5.74) is 0. The van der Waals surface area contributed by atoms with Crippen LogP contribution in [0.5, 0.6) is 11.5 Å². The van der Waals surface area contributed by atoms with E-state index in [1.54, 1.807) is 0 Å². The number of rotatable bonds is 7. The fourth-order valence-electron chi connectivity index (χ4n) is 4.19. The lowest BCUT2D eigenvalue weighted by atomic mass is 10.2. The molecule has 0 aliphatic carbocycles. The first-order valence-corrected chi connectivity index (χ1v) is 13.1. The molecule has 0 amide bonds. The van der Waals surface area contributed by atoms with Gasteiger partial charge in [0.25, 0.3) is 0 Å². The van der Waals surface area contributed by atoms with Crippen molar-refractivity contribution in [3.05, 3.63) is 78.9 Å². The Morgan fingerprint density at radius 2 is 1.00 bits per heavy atom. The first-order valence-electron chi connectivity index (χ1n) is 11.9. The number of hydrogen-bond acceptors (Lipinski definition) is 4. The van der Waals surface area contributed by atoms with Crippen LogP contribution in [0.3, 0.4) is 0 Å². The molecule has 33 heavy (non-hydrogen) atoms. The van der Waals surface area contributed by atoms with E-state index in [0.29, 0.717) is 0 Å². The van der Waals surface area contributed by atoms with Gasteiger partial charge < -0.3 is 18.9 Å². The van der Waals surface area contributed by atoms with Gasteiger partial charge >= 0.3 is 0 Å². The molecule has 0 radical (unpaired) electrons. The highest BCUT2D eigenvalue weighted by molar-refractivity contribution is 7.97. The maximum atomic E-state index is 6.04. The summed E-state index contributed by atoms with van der Waals surface area (Å²) in [6.07, 6.45) is 6.22. The van der Waals surface area contributed by atoms with Crippen molar-refractivity contribution in [1.82, 2.24) is 0 Å². The van der Waals surface area contributed by atoms with Crippen LogP contribution in [-0.2, 0) is 20.4 Å². The van der Waals surface area contributed by atoms with E-state index in [1.807, 2.05) is 0 Å². The lowest BCUT2D eigenvalue weighted by Gasteiger charge is -2.23. The third kappa shape index (κ3) is 5.91. The summed E-state index contributed by atoms with van der Waals surface area (Å²) in [5.74, 6) is 1.72. The van der Waals surface area contributed by atoms with Crippen molar-refractivity contribution < 1.29 is 18.9 Å². The Morgan fingerprint density at radius 1 is 0.545 bits per heavy atom. The molecule has 0 saturated carbocycles. The maximum absolute atomic E-state index is 6.04. The lowest BCUT2D eigenvalue weighted by molar-refractivity contribution is -0.106. The van der Waals surface area contributed by atoms with E-state index in [1.165, 1.54) is 14.7 Å². The van der Waals surface area contributed by atoms with Crippen molar-refractivity contribution in [3.63, 3.8) is 0 Å². The standard InChI is InChI=1S/C28H31O4S/c1-2-8-24(9-3-1)33(25-16-12-22(13-17-25)31-27-10-4-6-20-29-27)26-18-14-23(15-19-26)32-28-11-5-7-21-30-28/h1-3,8-9,12-19,27-28H,4-7,10-11,20-21H2/q+1. The first-order chi connectivity index (χ1) is 16.3. The predicted molar refractivity (Wildman–Crippen MR) is 130 cm³/mol. The van der Waals surface area contributed by atoms with Gasteiger partial charge in [-0.2, -0.15) is 0 Å². The summed E-state index contributed by atoms with van der Waals surface area (Å²) in [6, 6.07) is 27.6. The van der Waals surface area contributed by atoms with Crippen LogP contribution in [-0.4, -0.2) is 25.8 Å². The second-order valence-electron chi connectivity index (χ2n) is 8.39. The molecular formula is C28H31O4S+. The Bertz CT molecular complexity index is 915. The van der Waals surface area contributed by atoms with Gasteiger partial charge in [-0.05, 0) is 86.3 Å². The van der Waals surface area contributed by atoms with Crippen LogP contribution in [0.2, 0.25) is 0 Å². The van der Waals surface area contributed by atoms with Crippen molar-refractivity contribution in [1.29, 1.82) is 0 Å². The van der Waals surface area contributed by atoms with E-state index >= 15 is 0 Å². The first kappa shape index (κ1) is 22.3. The number of hydrogen-bond donors (Lipinski definition) is 0. The van der Waals surface area contributed by atoms with Crippen LogP contribution >= 0.6 is 0 Å². The van der Waals surface area contributed by atoms with Crippen LogP contribution in [0.1, 0.15) is 38.5 Å². The molecule has 2 unspecified atom stereocenters. The van der Waals surface area contributed by atoms with Crippen molar-refractivity contribution in [2.45, 2.75) is 65.8 Å². The average molecular weight is 464 g/mol. The Hall–Kier alpha value is -2.47. The van der Waals surface area contributed by atoms with E-state index in [-0.39, 0.29) is 23.5 Å². The molecule has 3 aromatic carbocycles. The maximum Gasteiger partial charge on any atom is 0.199 e. The Labute approximate surface area is 199 Å². The Balaban J connectivity index is 1.35. The van der Waals surface area contributed by atoms with Gasteiger partial charge in [-0.15, -0.1) is 0 Å². The van der Waals surface area contributed by atoms with E-state index in [9.17, 15) is 0 Å².